The van der Waals surface area contributed by atoms with E-state index in [1.54, 1.807) is 0 Å². The molecular weight excluding hydrogens is 426 g/mol. The number of phenolic OH excluding ortho intramolecular Hbond substituents is 2. The first-order valence-electron chi connectivity index (χ1n) is 9.99. The van der Waals surface area contributed by atoms with Crippen LogP contribution in [0.5, 0.6) is 17.2 Å². The van der Waals surface area contributed by atoms with Crippen LogP contribution in [0.25, 0.3) is 17.1 Å². The van der Waals surface area contributed by atoms with Gasteiger partial charge in [0.2, 0.25) is 0 Å². The van der Waals surface area contributed by atoms with Crippen molar-refractivity contribution >= 4 is 17.5 Å². The number of hydrogen-bond acceptors (Lipinski definition) is 7. The summed E-state index contributed by atoms with van der Waals surface area (Å²) in [7, 11) is 0. The Hall–Kier alpha value is -3.78. The number of rotatable bonds is 8. The molecule has 0 aliphatic rings. The van der Waals surface area contributed by atoms with Gasteiger partial charge in [-0.25, -0.2) is 0 Å². The molecule has 1 aromatic heterocycles. The van der Waals surface area contributed by atoms with E-state index < -0.39 is 0 Å². The summed E-state index contributed by atoms with van der Waals surface area (Å²) in [6, 6.07) is 21.3. The third-order valence-electron chi connectivity index (χ3n) is 4.70. The van der Waals surface area contributed by atoms with Crippen LogP contribution in [0.2, 0.25) is 0 Å². The summed E-state index contributed by atoms with van der Waals surface area (Å²) in [5.74, 6) is 0.720. The number of phenols is 2. The predicted molar refractivity (Wildman–Crippen MR) is 123 cm³/mol. The van der Waals surface area contributed by atoms with Gasteiger partial charge in [-0.2, -0.15) is 0 Å². The van der Waals surface area contributed by atoms with Crippen molar-refractivity contribution in [1.82, 2.24) is 14.8 Å². The third kappa shape index (κ3) is 4.60. The van der Waals surface area contributed by atoms with Gasteiger partial charge < -0.3 is 14.9 Å². The number of nitrogens with zero attached hydrogens (tertiary/aromatic N) is 3. The Morgan fingerprint density at radius 2 is 1.72 bits per heavy atom. The second kappa shape index (κ2) is 9.57. The van der Waals surface area contributed by atoms with Crippen LogP contribution in [0.4, 0.5) is 0 Å². The highest BCUT2D eigenvalue weighted by Crippen LogP contribution is 2.30. The van der Waals surface area contributed by atoms with Crippen molar-refractivity contribution in [3.8, 4) is 34.3 Å². The van der Waals surface area contributed by atoms with Gasteiger partial charge in [0.15, 0.2) is 28.3 Å². The number of carbonyl (C=O) groups is 1. The quantitative estimate of drug-likeness (QED) is 0.229. The summed E-state index contributed by atoms with van der Waals surface area (Å²) in [6.45, 7) is 2.51. The van der Waals surface area contributed by atoms with Gasteiger partial charge in [-0.15, -0.1) is 10.2 Å². The molecule has 0 fully saturated rings. The number of benzene rings is 3. The molecule has 0 spiro atoms. The smallest absolute Gasteiger partial charge is 0.196 e. The number of hydrogen-bond donors (Lipinski definition) is 2. The third-order valence-corrected chi connectivity index (χ3v) is 5.63. The second-order valence-corrected chi connectivity index (χ2v) is 7.79. The van der Waals surface area contributed by atoms with Gasteiger partial charge in [0, 0.05) is 16.8 Å². The van der Waals surface area contributed by atoms with Crippen molar-refractivity contribution in [1.29, 1.82) is 0 Å². The molecule has 0 saturated carbocycles. The van der Waals surface area contributed by atoms with E-state index in [2.05, 4.69) is 10.2 Å². The van der Waals surface area contributed by atoms with Crippen LogP contribution in [0, 0.1) is 0 Å². The molecule has 0 aliphatic heterocycles. The number of ether oxygens (including phenoxy) is 1. The maximum absolute atomic E-state index is 12.6. The van der Waals surface area contributed by atoms with Crippen molar-refractivity contribution in [3.05, 3.63) is 78.4 Å². The normalized spacial score (nSPS) is 10.8. The minimum Gasteiger partial charge on any atom is -0.504 e. The molecule has 0 amide bonds. The molecule has 162 valence electrons. The summed E-state index contributed by atoms with van der Waals surface area (Å²) in [5.41, 5.74) is 2.05. The summed E-state index contributed by atoms with van der Waals surface area (Å²) < 4.78 is 7.44. The van der Waals surface area contributed by atoms with Crippen LogP contribution < -0.4 is 4.74 Å². The lowest BCUT2D eigenvalue weighted by Crippen LogP contribution is -2.05. The van der Waals surface area contributed by atoms with Gasteiger partial charge in [-0.1, -0.05) is 42.1 Å². The van der Waals surface area contributed by atoms with Gasteiger partial charge in [-0.05, 0) is 49.4 Å². The van der Waals surface area contributed by atoms with Gasteiger partial charge >= 0.3 is 0 Å². The fourth-order valence-electron chi connectivity index (χ4n) is 3.14. The summed E-state index contributed by atoms with van der Waals surface area (Å²) in [4.78, 5) is 12.6. The molecular formula is C24H21N3O4S. The molecule has 0 aliphatic carbocycles. The lowest BCUT2D eigenvalue weighted by molar-refractivity contribution is 0.102. The first kappa shape index (κ1) is 21.5. The van der Waals surface area contributed by atoms with E-state index in [-0.39, 0.29) is 23.0 Å². The minimum atomic E-state index is -0.329. The Morgan fingerprint density at radius 1 is 0.969 bits per heavy atom. The Balaban J connectivity index is 1.65. The largest absolute Gasteiger partial charge is 0.504 e. The molecule has 7 nitrogen and oxygen atoms in total. The van der Waals surface area contributed by atoms with Gasteiger partial charge in [0.1, 0.15) is 5.75 Å². The Kier molecular flexibility index (Phi) is 6.42. The number of Topliss-reactive ketones (excluding diaryl/α,β-unsaturated/α-hetero) is 1. The molecule has 4 rings (SSSR count). The standard InChI is InChI=1S/C24H21N3O4S/c1-2-31-19-11-9-18(10-12-19)27-23(16-6-4-3-5-7-16)25-26-24(27)32-15-22(30)17-8-13-20(28)21(29)14-17/h3-14,28-29H,2,15H2,1H3. The Morgan fingerprint density at radius 3 is 2.41 bits per heavy atom. The summed E-state index contributed by atoms with van der Waals surface area (Å²) in [5, 5.41) is 28.4. The van der Waals surface area contributed by atoms with Crippen molar-refractivity contribution in [2.24, 2.45) is 0 Å². The van der Waals surface area contributed by atoms with Crippen LogP contribution >= 0.6 is 11.8 Å². The molecule has 0 bridgehead atoms. The highest BCUT2D eigenvalue weighted by atomic mass is 32.2. The van der Waals surface area contributed by atoms with E-state index in [9.17, 15) is 15.0 Å². The molecule has 3 aromatic carbocycles. The number of aromatic nitrogens is 3. The van der Waals surface area contributed by atoms with Crippen LogP contribution in [-0.4, -0.2) is 43.1 Å². The lowest BCUT2D eigenvalue weighted by atomic mass is 10.1. The average Bonchev–Trinajstić information content (AvgIpc) is 3.24. The molecule has 1 heterocycles. The van der Waals surface area contributed by atoms with E-state index in [0.29, 0.717) is 23.2 Å². The number of ketones is 1. The molecule has 0 saturated heterocycles. The highest BCUT2D eigenvalue weighted by Gasteiger charge is 2.18. The molecule has 0 unspecified atom stereocenters. The first-order valence-corrected chi connectivity index (χ1v) is 11.0. The lowest BCUT2D eigenvalue weighted by Gasteiger charge is -2.11. The van der Waals surface area contributed by atoms with E-state index in [1.165, 1.54) is 30.0 Å². The fraction of sp³-hybridized carbons (Fsp3) is 0.125. The monoisotopic (exact) mass is 447 g/mol. The SMILES string of the molecule is CCOc1ccc(-n2c(SCC(=O)c3ccc(O)c(O)c3)nnc2-c2ccccc2)cc1. The van der Waals surface area contributed by atoms with Gasteiger partial charge in [-0.3, -0.25) is 9.36 Å². The van der Waals surface area contributed by atoms with Crippen molar-refractivity contribution in [2.75, 3.05) is 12.4 Å². The van der Waals surface area contributed by atoms with E-state index >= 15 is 0 Å². The molecule has 2 N–H and O–H groups in total. The maximum atomic E-state index is 12.6. The zero-order valence-electron chi connectivity index (χ0n) is 17.3. The van der Waals surface area contributed by atoms with Crippen molar-refractivity contribution in [2.45, 2.75) is 12.1 Å². The zero-order valence-corrected chi connectivity index (χ0v) is 18.1. The fourth-order valence-corrected chi connectivity index (χ4v) is 3.99. The molecule has 8 heteroatoms. The van der Waals surface area contributed by atoms with E-state index in [1.807, 2.05) is 66.1 Å². The second-order valence-electron chi connectivity index (χ2n) is 6.85. The summed E-state index contributed by atoms with van der Waals surface area (Å²) in [6.07, 6.45) is 0. The number of aromatic hydroxyl groups is 2. The van der Waals surface area contributed by atoms with Crippen molar-refractivity contribution in [3.63, 3.8) is 0 Å². The van der Waals surface area contributed by atoms with Gasteiger partial charge in [0.25, 0.3) is 0 Å². The maximum Gasteiger partial charge on any atom is 0.196 e. The highest BCUT2D eigenvalue weighted by molar-refractivity contribution is 7.99. The number of carbonyl (C=O) groups excluding carboxylic acids is 1. The molecule has 4 aromatic rings. The zero-order chi connectivity index (χ0) is 22.5. The minimum absolute atomic E-state index is 0.0914. The van der Waals surface area contributed by atoms with E-state index in [0.717, 1.165) is 17.0 Å². The van der Waals surface area contributed by atoms with E-state index in [4.69, 9.17) is 4.74 Å². The number of thioether (sulfide) groups is 1. The molecule has 32 heavy (non-hydrogen) atoms. The van der Waals surface area contributed by atoms with Gasteiger partial charge in [0.05, 0.1) is 12.4 Å². The van der Waals surface area contributed by atoms with Crippen LogP contribution in [0.1, 0.15) is 17.3 Å². The van der Waals surface area contributed by atoms with Crippen molar-refractivity contribution < 1.29 is 19.7 Å². The first-order chi connectivity index (χ1) is 15.6. The Labute approximate surface area is 189 Å². The Bertz CT molecular complexity index is 1220. The van der Waals surface area contributed by atoms with Crippen LogP contribution in [0.3, 0.4) is 0 Å². The van der Waals surface area contributed by atoms with Crippen LogP contribution in [0.15, 0.2) is 78.0 Å². The van der Waals surface area contributed by atoms with Crippen LogP contribution in [-0.2, 0) is 0 Å². The predicted octanol–water partition coefficient (Wildman–Crippen LogP) is 4.72. The average molecular weight is 448 g/mol. The summed E-state index contributed by atoms with van der Waals surface area (Å²) >= 11 is 1.25. The molecule has 0 radical (unpaired) electrons. The molecule has 0 atom stereocenters. The topological polar surface area (TPSA) is 97.5 Å².